The monoisotopic (exact) mass is 643 g/mol. The van der Waals surface area contributed by atoms with Crippen molar-refractivity contribution < 1.29 is 26.7 Å². The van der Waals surface area contributed by atoms with Gasteiger partial charge in [0.2, 0.25) is 10.0 Å². The fourth-order valence-corrected chi connectivity index (χ4v) is 7.91. The van der Waals surface area contributed by atoms with E-state index in [-0.39, 0.29) is 24.8 Å². The molecule has 11 nitrogen and oxygen atoms in total. The van der Waals surface area contributed by atoms with Crippen molar-refractivity contribution in [2.45, 2.75) is 37.2 Å². The van der Waals surface area contributed by atoms with E-state index in [2.05, 4.69) is 43.3 Å². The van der Waals surface area contributed by atoms with Gasteiger partial charge in [0.1, 0.15) is 11.6 Å². The summed E-state index contributed by atoms with van der Waals surface area (Å²) in [6.45, 7) is 10.7. The number of H-pyrrole nitrogens is 1. The van der Waals surface area contributed by atoms with Crippen molar-refractivity contribution in [2.24, 2.45) is 0 Å². The smallest absolute Gasteiger partial charge is 0.257 e. The lowest BCUT2D eigenvalue weighted by atomic mass is 9.84. The Kier molecular flexibility index (Phi) is 8.69. The number of nitrogens with one attached hydrogen (secondary N) is 2. The van der Waals surface area contributed by atoms with Crippen LogP contribution in [0.4, 0.5) is 20.3 Å². The lowest BCUT2D eigenvalue weighted by Crippen LogP contribution is -2.45. The Balaban J connectivity index is 1.28. The lowest BCUT2D eigenvalue weighted by Gasteiger charge is -2.37. The molecule has 4 heterocycles. The van der Waals surface area contributed by atoms with Crippen LogP contribution in [0.3, 0.4) is 0 Å². The molecule has 1 aromatic heterocycles. The minimum absolute atomic E-state index is 0.0491. The molecule has 14 heteroatoms. The first kappa shape index (κ1) is 31.5. The van der Waals surface area contributed by atoms with Crippen molar-refractivity contribution in [3.05, 3.63) is 70.4 Å². The molecular weight excluding hydrogens is 604 g/mol. The molecule has 0 spiro atoms. The fourth-order valence-electron chi connectivity index (χ4n) is 6.30. The third-order valence-electron chi connectivity index (χ3n) is 8.86. The Morgan fingerprint density at radius 2 is 1.71 bits per heavy atom. The number of morpholine rings is 1. The summed E-state index contributed by atoms with van der Waals surface area (Å²) < 4.78 is 61.7. The summed E-state index contributed by atoms with van der Waals surface area (Å²) in [5, 5.41) is 10.3. The van der Waals surface area contributed by atoms with Crippen LogP contribution in [0.5, 0.6) is 0 Å². The van der Waals surface area contributed by atoms with Crippen molar-refractivity contribution in [2.75, 3.05) is 76.3 Å². The van der Waals surface area contributed by atoms with Crippen LogP contribution in [0.25, 0.3) is 0 Å². The number of sulfonamides is 1. The highest BCUT2D eigenvalue weighted by Crippen LogP contribution is 2.38. The number of amides is 1. The van der Waals surface area contributed by atoms with Gasteiger partial charge in [-0.05, 0) is 42.9 Å². The Hall–Kier alpha value is -3.43. The zero-order chi connectivity index (χ0) is 31.9. The summed E-state index contributed by atoms with van der Waals surface area (Å²) in [6.07, 6.45) is 0. The predicted octanol–water partition coefficient (Wildman–Crippen LogP) is 3.01. The summed E-state index contributed by atoms with van der Waals surface area (Å²) in [4.78, 5) is 20.3. The topological polar surface area (TPSA) is 114 Å². The number of likely N-dealkylation sites (N-methyl/N-ethyl adjacent to an activating group) is 1. The van der Waals surface area contributed by atoms with E-state index in [4.69, 9.17) is 4.74 Å². The second kappa shape index (κ2) is 12.4. The summed E-state index contributed by atoms with van der Waals surface area (Å²) in [7, 11) is -2.15. The molecule has 0 unspecified atom stereocenters. The Labute approximate surface area is 262 Å². The molecule has 2 aromatic carbocycles. The van der Waals surface area contributed by atoms with E-state index >= 15 is 0 Å². The molecule has 3 aliphatic rings. The standard InChI is InChI=1S/C31H39F2N7O4S/c1-31(2)20-40(45(42,43)25-16-22(32)15-23(33)17-25)19-27-28(31)35-36-29(27)34-30(41)26-5-4-24(39-8-6-37(3)7-9-39)14-21(26)18-38-10-12-44-13-11-38/h4-5,14-17H,6-13,18-20H2,1-3H3,(H2,34,35,36,41). The van der Waals surface area contributed by atoms with Gasteiger partial charge in [0.25, 0.3) is 5.91 Å². The number of aromatic amines is 1. The number of nitrogens with zero attached hydrogens (tertiary/aromatic N) is 5. The Morgan fingerprint density at radius 3 is 2.40 bits per heavy atom. The average molecular weight is 644 g/mol. The molecule has 2 N–H and O–H groups in total. The number of hydrogen-bond acceptors (Lipinski definition) is 8. The number of benzene rings is 2. The van der Waals surface area contributed by atoms with Gasteiger partial charge in [-0.3, -0.25) is 14.8 Å². The molecule has 2 saturated heterocycles. The van der Waals surface area contributed by atoms with Crippen LogP contribution in [-0.2, 0) is 33.3 Å². The second-order valence-corrected chi connectivity index (χ2v) is 14.6. The number of anilines is 2. The predicted molar refractivity (Wildman–Crippen MR) is 166 cm³/mol. The van der Waals surface area contributed by atoms with Crippen LogP contribution in [0.2, 0.25) is 0 Å². The largest absolute Gasteiger partial charge is 0.379 e. The van der Waals surface area contributed by atoms with Gasteiger partial charge in [-0.1, -0.05) is 13.8 Å². The summed E-state index contributed by atoms with van der Waals surface area (Å²) in [6, 6.07) is 8.15. The third kappa shape index (κ3) is 6.61. The molecule has 0 radical (unpaired) electrons. The van der Waals surface area contributed by atoms with E-state index < -0.39 is 32.0 Å². The number of aromatic nitrogens is 2. The molecule has 1 amide bonds. The zero-order valence-electron chi connectivity index (χ0n) is 25.8. The van der Waals surface area contributed by atoms with Crippen molar-refractivity contribution >= 4 is 27.4 Å². The number of carbonyl (C=O) groups excluding carboxylic acids is 1. The number of fused-ring (bicyclic) bond motifs is 1. The molecule has 0 aliphatic carbocycles. The quantitative estimate of drug-likeness (QED) is 0.404. The highest BCUT2D eigenvalue weighted by Gasteiger charge is 2.41. The molecule has 0 atom stereocenters. The Bertz CT molecular complexity index is 1660. The van der Waals surface area contributed by atoms with E-state index in [0.717, 1.165) is 62.7 Å². The maximum atomic E-state index is 14.0. The number of piperazine rings is 1. The number of carbonyl (C=O) groups is 1. The highest BCUT2D eigenvalue weighted by atomic mass is 32.2. The van der Waals surface area contributed by atoms with Gasteiger partial charge in [-0.25, -0.2) is 17.2 Å². The van der Waals surface area contributed by atoms with Crippen LogP contribution in [0.1, 0.15) is 41.0 Å². The number of hydrogen-bond donors (Lipinski definition) is 2. The molecular formula is C31H39F2N7O4S. The molecule has 0 bridgehead atoms. The molecule has 45 heavy (non-hydrogen) atoms. The third-order valence-corrected chi connectivity index (χ3v) is 10.6. The van der Waals surface area contributed by atoms with Crippen molar-refractivity contribution in [1.29, 1.82) is 0 Å². The first-order valence-corrected chi connectivity index (χ1v) is 16.6. The summed E-state index contributed by atoms with van der Waals surface area (Å²) in [5.41, 5.74) is 2.92. The van der Waals surface area contributed by atoms with Crippen LogP contribution < -0.4 is 10.2 Å². The van der Waals surface area contributed by atoms with Gasteiger partial charge in [0.15, 0.2) is 5.82 Å². The Morgan fingerprint density at radius 1 is 1.02 bits per heavy atom. The second-order valence-electron chi connectivity index (χ2n) is 12.7. The molecule has 0 saturated carbocycles. The van der Waals surface area contributed by atoms with Gasteiger partial charge in [-0.2, -0.15) is 9.40 Å². The molecule has 242 valence electrons. The van der Waals surface area contributed by atoms with E-state index in [0.29, 0.717) is 42.6 Å². The van der Waals surface area contributed by atoms with Crippen LogP contribution in [0.15, 0.2) is 41.3 Å². The maximum absolute atomic E-state index is 14.0. The van der Waals surface area contributed by atoms with Crippen molar-refractivity contribution in [3.8, 4) is 0 Å². The SMILES string of the molecule is CN1CCN(c2ccc(C(=O)Nc3n[nH]c4c3CN(S(=O)(=O)c3cc(F)cc(F)c3)CC4(C)C)c(CN3CCOCC3)c2)CC1. The first-order valence-electron chi connectivity index (χ1n) is 15.1. The lowest BCUT2D eigenvalue weighted by molar-refractivity contribution is 0.0341. The molecule has 2 fully saturated rings. The van der Waals surface area contributed by atoms with Crippen LogP contribution in [-0.4, -0.2) is 105 Å². The highest BCUT2D eigenvalue weighted by molar-refractivity contribution is 7.89. The van der Waals surface area contributed by atoms with E-state index in [1.165, 1.54) is 4.31 Å². The van der Waals surface area contributed by atoms with Crippen LogP contribution in [0, 0.1) is 11.6 Å². The van der Waals surface area contributed by atoms with Gasteiger partial charge in [0.05, 0.1) is 18.1 Å². The van der Waals surface area contributed by atoms with Crippen LogP contribution >= 0.6 is 0 Å². The van der Waals surface area contributed by atoms with Gasteiger partial charge in [-0.15, -0.1) is 0 Å². The number of halogens is 2. The van der Waals surface area contributed by atoms with Crippen molar-refractivity contribution in [1.82, 2.24) is 24.3 Å². The van der Waals surface area contributed by atoms with Crippen molar-refractivity contribution in [3.63, 3.8) is 0 Å². The summed E-state index contributed by atoms with van der Waals surface area (Å²) >= 11 is 0. The van der Waals surface area contributed by atoms with E-state index in [1.807, 2.05) is 26.0 Å². The zero-order valence-corrected chi connectivity index (χ0v) is 26.6. The minimum Gasteiger partial charge on any atom is -0.379 e. The van der Waals surface area contributed by atoms with Gasteiger partial charge in [0, 0.05) is 92.9 Å². The van der Waals surface area contributed by atoms with E-state index in [1.54, 1.807) is 0 Å². The fraction of sp³-hybridized carbons (Fsp3) is 0.484. The maximum Gasteiger partial charge on any atom is 0.257 e. The molecule has 3 aromatic rings. The molecule has 6 rings (SSSR count). The van der Waals surface area contributed by atoms with Gasteiger partial charge < -0.3 is 19.9 Å². The van der Waals surface area contributed by atoms with Gasteiger partial charge >= 0.3 is 0 Å². The molecule has 3 aliphatic heterocycles. The average Bonchev–Trinajstić information content (AvgIpc) is 3.41. The minimum atomic E-state index is -4.26. The van der Waals surface area contributed by atoms with E-state index in [9.17, 15) is 22.0 Å². The normalized spacial score (nSPS) is 19.8. The number of ether oxygens (including phenoxy) is 1. The number of rotatable bonds is 7. The first-order chi connectivity index (χ1) is 21.4. The summed E-state index contributed by atoms with van der Waals surface area (Å²) in [5.74, 6) is -2.10.